The van der Waals surface area contributed by atoms with E-state index >= 15 is 0 Å². The van der Waals surface area contributed by atoms with Gasteiger partial charge in [0.25, 0.3) is 0 Å². The van der Waals surface area contributed by atoms with Crippen LogP contribution in [0.25, 0.3) is 0 Å². The highest BCUT2D eigenvalue weighted by molar-refractivity contribution is 5.63. The third-order valence-electron chi connectivity index (χ3n) is 3.61. The number of carbonyl (C=O) groups is 1. The number of alkyl halides is 3. The fourth-order valence-electron chi connectivity index (χ4n) is 2.54. The van der Waals surface area contributed by atoms with Crippen LogP contribution >= 0.6 is 0 Å². The third-order valence-corrected chi connectivity index (χ3v) is 3.61. The van der Waals surface area contributed by atoms with Crippen molar-refractivity contribution in [3.8, 4) is 0 Å². The van der Waals surface area contributed by atoms with Crippen LogP contribution in [-0.4, -0.2) is 19.4 Å². The molecule has 1 aromatic carbocycles. The molecule has 1 aliphatic heterocycles. The molecule has 104 valence electrons. The van der Waals surface area contributed by atoms with E-state index in [0.29, 0.717) is 5.56 Å². The quantitative estimate of drug-likeness (QED) is 0.856. The summed E-state index contributed by atoms with van der Waals surface area (Å²) < 4.78 is 37.4. The zero-order chi connectivity index (χ0) is 13.9. The van der Waals surface area contributed by atoms with E-state index in [1.54, 1.807) is 0 Å². The Hall–Kier alpha value is -1.36. The van der Waals surface area contributed by atoms with Crippen LogP contribution < -0.4 is 5.32 Å². The van der Waals surface area contributed by atoms with Crippen molar-refractivity contribution in [2.75, 3.05) is 13.1 Å². The zero-order valence-electron chi connectivity index (χ0n) is 10.4. The number of rotatable bonds is 3. The van der Waals surface area contributed by atoms with Crippen LogP contribution in [0.15, 0.2) is 24.3 Å². The first-order valence-electron chi connectivity index (χ1n) is 6.35. The number of hydrogen-bond acceptors (Lipinski definition) is 2. The van der Waals surface area contributed by atoms with Crippen LogP contribution in [0, 0.1) is 5.92 Å². The summed E-state index contributed by atoms with van der Waals surface area (Å²) in [4.78, 5) is 11.2. The maximum absolute atomic E-state index is 12.5. The second kappa shape index (κ2) is 5.74. The summed E-state index contributed by atoms with van der Waals surface area (Å²) in [6.45, 7) is 1.68. The van der Waals surface area contributed by atoms with E-state index in [2.05, 4.69) is 5.32 Å². The first-order valence-corrected chi connectivity index (χ1v) is 6.35. The van der Waals surface area contributed by atoms with Crippen LogP contribution in [0.2, 0.25) is 0 Å². The molecule has 1 aliphatic rings. The largest absolute Gasteiger partial charge is 0.416 e. The summed E-state index contributed by atoms with van der Waals surface area (Å²) in [5.74, 6) is -0.155. The Kier molecular flexibility index (Phi) is 4.24. The highest BCUT2D eigenvalue weighted by Crippen LogP contribution is 2.32. The first kappa shape index (κ1) is 14.1. The molecule has 2 unspecified atom stereocenters. The van der Waals surface area contributed by atoms with Gasteiger partial charge in [-0.25, -0.2) is 0 Å². The van der Waals surface area contributed by atoms with Crippen molar-refractivity contribution in [1.29, 1.82) is 0 Å². The van der Waals surface area contributed by atoms with Crippen molar-refractivity contribution in [1.82, 2.24) is 5.32 Å². The highest BCUT2D eigenvalue weighted by atomic mass is 19.4. The van der Waals surface area contributed by atoms with E-state index in [-0.39, 0.29) is 11.8 Å². The molecule has 0 spiro atoms. The van der Waals surface area contributed by atoms with E-state index in [1.807, 2.05) is 0 Å². The predicted octanol–water partition coefficient (Wildman–Crippen LogP) is 2.99. The Morgan fingerprint density at radius 1 is 1.26 bits per heavy atom. The predicted molar refractivity (Wildman–Crippen MR) is 65.8 cm³/mol. The van der Waals surface area contributed by atoms with Gasteiger partial charge >= 0.3 is 6.18 Å². The molecule has 0 aliphatic carbocycles. The molecular weight excluding hydrogens is 255 g/mol. The van der Waals surface area contributed by atoms with Gasteiger partial charge in [0.2, 0.25) is 0 Å². The number of hydrogen-bond donors (Lipinski definition) is 1. The molecule has 1 fully saturated rings. The maximum atomic E-state index is 12.5. The molecule has 2 atom stereocenters. The minimum absolute atomic E-state index is 0.169. The lowest BCUT2D eigenvalue weighted by Crippen LogP contribution is -2.33. The van der Waals surface area contributed by atoms with Gasteiger partial charge in [0.05, 0.1) is 5.56 Å². The molecule has 0 radical (unpaired) electrons. The number of halogens is 3. The van der Waals surface area contributed by atoms with Gasteiger partial charge < -0.3 is 10.1 Å². The summed E-state index contributed by atoms with van der Waals surface area (Å²) >= 11 is 0. The van der Waals surface area contributed by atoms with Gasteiger partial charge in [-0.2, -0.15) is 13.2 Å². The average Bonchev–Trinajstić information content (AvgIpc) is 2.40. The van der Waals surface area contributed by atoms with Gasteiger partial charge in [-0.3, -0.25) is 0 Å². The van der Waals surface area contributed by atoms with Crippen molar-refractivity contribution in [2.24, 2.45) is 5.92 Å². The first-order chi connectivity index (χ1) is 9.02. The van der Waals surface area contributed by atoms with Crippen molar-refractivity contribution >= 4 is 6.29 Å². The van der Waals surface area contributed by atoms with Gasteiger partial charge in [0.1, 0.15) is 6.29 Å². The van der Waals surface area contributed by atoms with Gasteiger partial charge in [-0.1, -0.05) is 12.1 Å². The Morgan fingerprint density at radius 2 is 1.95 bits per heavy atom. The Labute approximate surface area is 110 Å². The summed E-state index contributed by atoms with van der Waals surface area (Å²) in [7, 11) is 0. The molecule has 2 rings (SSSR count). The lowest BCUT2D eigenvalue weighted by molar-refractivity contribution is -0.137. The number of piperidine rings is 1. The fourth-order valence-corrected chi connectivity index (χ4v) is 2.54. The summed E-state index contributed by atoms with van der Waals surface area (Å²) in [6, 6.07) is 4.91. The second-order valence-corrected chi connectivity index (χ2v) is 4.89. The minimum atomic E-state index is -4.33. The maximum Gasteiger partial charge on any atom is 0.416 e. The Balaban J connectivity index is 2.16. The van der Waals surface area contributed by atoms with Crippen molar-refractivity contribution in [3.63, 3.8) is 0 Å². The molecule has 2 nitrogen and oxygen atoms in total. The van der Waals surface area contributed by atoms with E-state index < -0.39 is 11.7 Å². The molecule has 1 aromatic rings. The van der Waals surface area contributed by atoms with Crippen molar-refractivity contribution in [3.05, 3.63) is 35.4 Å². The molecule has 0 aromatic heterocycles. The van der Waals surface area contributed by atoms with Crippen molar-refractivity contribution in [2.45, 2.75) is 24.9 Å². The van der Waals surface area contributed by atoms with E-state index in [0.717, 1.165) is 44.4 Å². The van der Waals surface area contributed by atoms with Gasteiger partial charge in [-0.05, 0) is 49.5 Å². The molecule has 1 heterocycles. The zero-order valence-corrected chi connectivity index (χ0v) is 10.4. The van der Waals surface area contributed by atoms with E-state index in [9.17, 15) is 18.0 Å². The molecule has 0 saturated carbocycles. The molecule has 0 amide bonds. The van der Waals surface area contributed by atoms with E-state index in [4.69, 9.17) is 0 Å². The average molecular weight is 271 g/mol. The molecule has 19 heavy (non-hydrogen) atoms. The van der Waals surface area contributed by atoms with Crippen LogP contribution in [0.3, 0.4) is 0 Å². The molecular formula is C14H16F3NO. The normalized spacial score (nSPS) is 21.9. The topological polar surface area (TPSA) is 29.1 Å². The second-order valence-electron chi connectivity index (χ2n) is 4.89. The third kappa shape index (κ3) is 3.35. The number of carbonyl (C=O) groups excluding carboxylic acids is 1. The van der Waals surface area contributed by atoms with Crippen LogP contribution in [-0.2, 0) is 11.0 Å². The smallest absolute Gasteiger partial charge is 0.316 e. The molecule has 5 heteroatoms. The lowest BCUT2D eigenvalue weighted by atomic mass is 9.82. The number of nitrogens with one attached hydrogen (secondary N) is 1. The number of aldehydes is 1. The fraction of sp³-hybridized carbons (Fsp3) is 0.500. The molecule has 1 saturated heterocycles. The lowest BCUT2D eigenvalue weighted by Gasteiger charge is -2.27. The standard InChI is InChI=1S/C14H16F3NO/c15-14(16,17)12-5-3-10(4-6-12)13(9-19)11-2-1-7-18-8-11/h3-6,9,11,13,18H,1-2,7-8H2. The van der Waals surface area contributed by atoms with Gasteiger partial charge in [0.15, 0.2) is 0 Å². The molecule has 0 bridgehead atoms. The molecule has 1 N–H and O–H groups in total. The van der Waals surface area contributed by atoms with E-state index in [1.165, 1.54) is 12.1 Å². The summed E-state index contributed by atoms with van der Waals surface area (Å²) in [6.07, 6.45) is -1.56. The summed E-state index contributed by atoms with van der Waals surface area (Å²) in [5, 5.41) is 3.22. The highest BCUT2D eigenvalue weighted by Gasteiger charge is 2.31. The Morgan fingerprint density at radius 3 is 2.42 bits per heavy atom. The SMILES string of the molecule is O=CC(c1ccc(C(F)(F)F)cc1)C1CCCNC1. The number of benzene rings is 1. The van der Waals surface area contributed by atoms with Gasteiger partial charge in [-0.15, -0.1) is 0 Å². The van der Waals surface area contributed by atoms with Crippen LogP contribution in [0.5, 0.6) is 0 Å². The Bertz CT molecular complexity index is 421. The van der Waals surface area contributed by atoms with Crippen molar-refractivity contribution < 1.29 is 18.0 Å². The van der Waals surface area contributed by atoms with Crippen LogP contribution in [0.4, 0.5) is 13.2 Å². The minimum Gasteiger partial charge on any atom is -0.316 e. The van der Waals surface area contributed by atoms with Gasteiger partial charge in [0, 0.05) is 5.92 Å². The summed E-state index contributed by atoms with van der Waals surface area (Å²) in [5.41, 5.74) is -0.0145. The van der Waals surface area contributed by atoms with Crippen LogP contribution in [0.1, 0.15) is 29.9 Å². The monoisotopic (exact) mass is 271 g/mol.